The van der Waals surface area contributed by atoms with Crippen LogP contribution in [-0.4, -0.2) is 12.0 Å². The fourth-order valence-electron chi connectivity index (χ4n) is 1.09. The first kappa shape index (κ1) is 9.33. The predicted octanol–water partition coefficient (Wildman–Crippen LogP) is 3.17. The van der Waals surface area contributed by atoms with Crippen molar-refractivity contribution in [3.63, 3.8) is 0 Å². The van der Waals surface area contributed by atoms with E-state index in [4.69, 9.17) is 0 Å². The molecule has 0 atom stereocenters. The molecule has 2 heteroatoms. The second-order valence-corrected chi connectivity index (χ2v) is 3.40. The van der Waals surface area contributed by atoms with Crippen LogP contribution in [0.4, 0.5) is 0 Å². The third kappa shape index (κ3) is 2.70. The molecule has 0 saturated heterocycles. The van der Waals surface area contributed by atoms with Crippen molar-refractivity contribution in [3.05, 3.63) is 35.4 Å². The zero-order chi connectivity index (χ0) is 8.81. The average molecular weight is 179 g/mol. The van der Waals surface area contributed by atoms with Gasteiger partial charge in [0.25, 0.3) is 0 Å². The third-order valence-electron chi connectivity index (χ3n) is 1.54. The Morgan fingerprint density at radius 2 is 2.50 bits per heavy atom. The van der Waals surface area contributed by atoms with Crippen molar-refractivity contribution in [1.82, 2.24) is 0 Å². The van der Waals surface area contributed by atoms with Crippen LogP contribution in [0.2, 0.25) is 0 Å². The molecule has 0 aromatic carbocycles. The molecule has 0 spiro atoms. The van der Waals surface area contributed by atoms with Crippen LogP contribution in [0.3, 0.4) is 0 Å². The van der Waals surface area contributed by atoms with E-state index in [-0.39, 0.29) is 0 Å². The zero-order valence-electron chi connectivity index (χ0n) is 7.29. The van der Waals surface area contributed by atoms with Gasteiger partial charge in [0.05, 0.1) is 5.70 Å². The Labute approximate surface area is 78.0 Å². The van der Waals surface area contributed by atoms with Crippen molar-refractivity contribution >= 4 is 18.0 Å². The number of thioether (sulfide) groups is 1. The summed E-state index contributed by atoms with van der Waals surface area (Å²) in [5.74, 6) is 1.08. The van der Waals surface area contributed by atoms with E-state index < -0.39 is 0 Å². The lowest BCUT2D eigenvalue weighted by atomic mass is 10.1. The Bertz CT molecular complexity index is 249. The summed E-state index contributed by atoms with van der Waals surface area (Å²) in [5.41, 5.74) is 2.56. The molecule has 0 saturated carbocycles. The van der Waals surface area contributed by atoms with Gasteiger partial charge in [-0.3, -0.25) is 4.99 Å². The monoisotopic (exact) mass is 179 g/mol. The highest BCUT2D eigenvalue weighted by atomic mass is 32.2. The molecule has 1 aliphatic heterocycles. The molecule has 12 heavy (non-hydrogen) atoms. The molecule has 1 heterocycles. The lowest BCUT2D eigenvalue weighted by Crippen LogP contribution is -1.94. The van der Waals surface area contributed by atoms with Crippen LogP contribution in [0.5, 0.6) is 0 Å². The molecule has 0 unspecified atom stereocenters. The fourth-order valence-corrected chi connectivity index (χ4v) is 1.92. The van der Waals surface area contributed by atoms with Crippen molar-refractivity contribution in [2.45, 2.75) is 13.3 Å². The predicted molar refractivity (Wildman–Crippen MR) is 57.6 cm³/mol. The van der Waals surface area contributed by atoms with Crippen molar-refractivity contribution in [3.8, 4) is 0 Å². The minimum absolute atomic E-state index is 0.976. The van der Waals surface area contributed by atoms with E-state index in [0.29, 0.717) is 0 Å². The summed E-state index contributed by atoms with van der Waals surface area (Å²) in [4.78, 5) is 4.26. The van der Waals surface area contributed by atoms with Gasteiger partial charge in [0.1, 0.15) is 0 Å². The van der Waals surface area contributed by atoms with Crippen LogP contribution in [0.25, 0.3) is 0 Å². The standard InChI is InChI=1S/C10H13NS/c1-3-5-9-6-10(11-4-2)8-12-7-9/h3-5,8H,1,6-7H2,2H3/b9-5-,11-4?. The number of aliphatic imine (C=N–C) groups is 1. The normalized spacial score (nSPS) is 21.4. The molecule has 64 valence electrons. The summed E-state index contributed by atoms with van der Waals surface area (Å²) in [5, 5.41) is 2.13. The smallest absolute Gasteiger partial charge is 0.0503 e. The molecule has 1 rings (SSSR count). The van der Waals surface area contributed by atoms with Gasteiger partial charge in [0.15, 0.2) is 0 Å². The van der Waals surface area contributed by atoms with Crippen molar-refractivity contribution in [2.75, 3.05) is 5.75 Å². The van der Waals surface area contributed by atoms with E-state index in [0.717, 1.165) is 17.9 Å². The maximum atomic E-state index is 4.26. The quantitative estimate of drug-likeness (QED) is 0.593. The van der Waals surface area contributed by atoms with E-state index >= 15 is 0 Å². The van der Waals surface area contributed by atoms with Gasteiger partial charge in [0, 0.05) is 18.4 Å². The van der Waals surface area contributed by atoms with Gasteiger partial charge >= 0.3 is 0 Å². The molecular formula is C10H13NS. The first-order valence-electron chi connectivity index (χ1n) is 3.96. The van der Waals surface area contributed by atoms with E-state index in [9.17, 15) is 0 Å². The molecule has 0 aliphatic carbocycles. The number of nitrogens with zero attached hydrogens (tertiary/aromatic N) is 1. The molecule has 0 aromatic heterocycles. The van der Waals surface area contributed by atoms with Crippen LogP contribution in [0.15, 0.2) is 40.4 Å². The van der Waals surface area contributed by atoms with Crippen molar-refractivity contribution < 1.29 is 0 Å². The van der Waals surface area contributed by atoms with Crippen LogP contribution in [0, 0.1) is 0 Å². The van der Waals surface area contributed by atoms with Crippen LogP contribution >= 0.6 is 11.8 Å². The molecule has 1 nitrogen and oxygen atoms in total. The zero-order valence-corrected chi connectivity index (χ0v) is 8.10. The van der Waals surface area contributed by atoms with Crippen molar-refractivity contribution in [2.24, 2.45) is 4.99 Å². The molecule has 0 amide bonds. The van der Waals surface area contributed by atoms with E-state index in [1.807, 2.05) is 19.2 Å². The Morgan fingerprint density at radius 3 is 3.17 bits per heavy atom. The number of hydrogen-bond acceptors (Lipinski definition) is 2. The minimum atomic E-state index is 0.976. The number of rotatable bonds is 2. The second kappa shape index (κ2) is 4.99. The van der Waals surface area contributed by atoms with Gasteiger partial charge in [-0.1, -0.05) is 24.3 Å². The Hall–Kier alpha value is -0.760. The summed E-state index contributed by atoms with van der Waals surface area (Å²) in [6.07, 6.45) is 6.73. The highest BCUT2D eigenvalue weighted by Gasteiger charge is 2.06. The Balaban J connectivity index is 2.65. The highest BCUT2D eigenvalue weighted by Crippen LogP contribution is 2.26. The SMILES string of the molecule is C=C/C=C1\CSC=C(N=CC)C1. The lowest BCUT2D eigenvalue weighted by Gasteiger charge is -2.11. The first-order chi connectivity index (χ1) is 5.86. The summed E-state index contributed by atoms with van der Waals surface area (Å²) >= 11 is 1.80. The van der Waals surface area contributed by atoms with Crippen molar-refractivity contribution in [1.29, 1.82) is 0 Å². The summed E-state index contributed by atoms with van der Waals surface area (Å²) in [6, 6.07) is 0. The molecule has 0 radical (unpaired) electrons. The van der Waals surface area contributed by atoms with Crippen LogP contribution in [0.1, 0.15) is 13.3 Å². The molecular weight excluding hydrogens is 166 g/mol. The summed E-state index contributed by atoms with van der Waals surface area (Å²) in [7, 11) is 0. The average Bonchev–Trinajstić information content (AvgIpc) is 2.06. The molecule has 0 N–H and O–H groups in total. The Kier molecular flexibility index (Phi) is 3.88. The van der Waals surface area contributed by atoms with Gasteiger partial charge in [0.2, 0.25) is 0 Å². The summed E-state index contributed by atoms with van der Waals surface area (Å²) < 4.78 is 0. The molecule has 0 bridgehead atoms. The Morgan fingerprint density at radius 1 is 1.67 bits per heavy atom. The van der Waals surface area contributed by atoms with Gasteiger partial charge in [-0.2, -0.15) is 0 Å². The first-order valence-corrected chi connectivity index (χ1v) is 5.01. The largest absolute Gasteiger partial charge is 0.265 e. The summed E-state index contributed by atoms with van der Waals surface area (Å²) in [6.45, 7) is 5.62. The van der Waals surface area contributed by atoms with Gasteiger partial charge in [-0.15, -0.1) is 11.8 Å². The molecule has 0 fully saturated rings. The highest BCUT2D eigenvalue weighted by molar-refractivity contribution is 8.02. The van der Waals surface area contributed by atoms with Gasteiger partial charge in [-0.25, -0.2) is 0 Å². The number of allylic oxidation sites excluding steroid dienone is 3. The number of hydrogen-bond donors (Lipinski definition) is 0. The fraction of sp³-hybridized carbons (Fsp3) is 0.300. The van der Waals surface area contributed by atoms with Crippen LogP contribution < -0.4 is 0 Å². The maximum absolute atomic E-state index is 4.26. The lowest BCUT2D eigenvalue weighted by molar-refractivity contribution is 1.08. The van der Waals surface area contributed by atoms with Crippen LogP contribution in [-0.2, 0) is 0 Å². The topological polar surface area (TPSA) is 12.4 Å². The second-order valence-electron chi connectivity index (χ2n) is 2.54. The minimum Gasteiger partial charge on any atom is -0.265 e. The maximum Gasteiger partial charge on any atom is 0.0503 e. The van der Waals surface area contributed by atoms with E-state index in [2.05, 4.69) is 23.1 Å². The molecule has 1 aliphatic rings. The third-order valence-corrected chi connectivity index (χ3v) is 2.52. The van der Waals surface area contributed by atoms with E-state index in [1.54, 1.807) is 11.8 Å². The molecule has 0 aromatic rings. The van der Waals surface area contributed by atoms with Gasteiger partial charge < -0.3 is 0 Å². The van der Waals surface area contributed by atoms with Gasteiger partial charge in [-0.05, 0) is 12.3 Å². The van der Waals surface area contributed by atoms with E-state index in [1.165, 1.54) is 5.57 Å².